The lowest BCUT2D eigenvalue weighted by Gasteiger charge is -2.17. The van der Waals surface area contributed by atoms with E-state index in [1.807, 2.05) is 12.3 Å². The molecule has 0 bridgehead atoms. The standard InChI is InChI=1S/C16H18BrN/c17-15-6-2-1-4-12(11-15)13-7-8-16-14(10-13)5-3-9-18-16/h3,5,7-10,12,15H,1-2,4,6,11H2. The van der Waals surface area contributed by atoms with E-state index in [0.717, 1.165) is 5.52 Å². The fourth-order valence-corrected chi connectivity index (χ4v) is 3.73. The molecule has 0 saturated heterocycles. The van der Waals surface area contributed by atoms with Crippen molar-refractivity contribution >= 4 is 26.8 Å². The first-order valence-corrected chi connectivity index (χ1v) is 7.73. The van der Waals surface area contributed by atoms with Crippen LogP contribution in [-0.2, 0) is 0 Å². The van der Waals surface area contributed by atoms with Gasteiger partial charge in [-0.05, 0) is 48.9 Å². The summed E-state index contributed by atoms with van der Waals surface area (Å²) in [5.41, 5.74) is 2.59. The SMILES string of the molecule is BrC1CCCCC(c2ccc3ncccc3c2)C1. The minimum atomic E-state index is 0.689. The quantitative estimate of drug-likeness (QED) is 0.531. The van der Waals surface area contributed by atoms with Crippen LogP contribution in [0.4, 0.5) is 0 Å². The number of alkyl halides is 1. The molecule has 1 fully saturated rings. The zero-order valence-electron chi connectivity index (χ0n) is 10.5. The number of rotatable bonds is 1. The summed E-state index contributed by atoms with van der Waals surface area (Å²) in [6.07, 6.45) is 8.51. The van der Waals surface area contributed by atoms with Gasteiger partial charge in [0.1, 0.15) is 0 Å². The van der Waals surface area contributed by atoms with Crippen LogP contribution in [0.2, 0.25) is 0 Å². The third kappa shape index (κ3) is 2.59. The van der Waals surface area contributed by atoms with Crippen LogP contribution in [-0.4, -0.2) is 9.81 Å². The number of fused-ring (bicyclic) bond motifs is 1. The average molecular weight is 304 g/mol. The highest BCUT2D eigenvalue weighted by molar-refractivity contribution is 9.09. The number of aromatic nitrogens is 1. The molecule has 0 N–H and O–H groups in total. The van der Waals surface area contributed by atoms with Gasteiger partial charge in [0.15, 0.2) is 0 Å². The number of halogens is 1. The number of pyridine rings is 1. The summed E-state index contributed by atoms with van der Waals surface area (Å²) < 4.78 is 0. The summed E-state index contributed by atoms with van der Waals surface area (Å²) in [6.45, 7) is 0. The Balaban J connectivity index is 1.92. The molecule has 0 spiro atoms. The molecule has 0 amide bonds. The molecule has 2 heteroatoms. The topological polar surface area (TPSA) is 12.9 Å². The third-order valence-corrected chi connectivity index (χ3v) is 4.79. The lowest BCUT2D eigenvalue weighted by molar-refractivity contribution is 0.600. The first-order valence-electron chi connectivity index (χ1n) is 6.82. The first-order chi connectivity index (χ1) is 8.83. The van der Waals surface area contributed by atoms with E-state index in [9.17, 15) is 0 Å². The Morgan fingerprint density at radius 2 is 2.00 bits per heavy atom. The molecule has 0 radical (unpaired) electrons. The lowest BCUT2D eigenvalue weighted by atomic mass is 9.91. The molecule has 2 atom stereocenters. The van der Waals surface area contributed by atoms with Crippen LogP contribution in [0.1, 0.15) is 43.6 Å². The second kappa shape index (κ2) is 5.40. The van der Waals surface area contributed by atoms with Crippen LogP contribution in [0.25, 0.3) is 10.9 Å². The highest BCUT2D eigenvalue weighted by Gasteiger charge is 2.19. The van der Waals surface area contributed by atoms with Crippen LogP contribution in [0.5, 0.6) is 0 Å². The molecular weight excluding hydrogens is 286 g/mol. The van der Waals surface area contributed by atoms with Gasteiger partial charge in [0.2, 0.25) is 0 Å². The van der Waals surface area contributed by atoms with Crippen molar-refractivity contribution in [1.29, 1.82) is 0 Å². The summed E-state index contributed by atoms with van der Waals surface area (Å²) in [4.78, 5) is 5.08. The Labute approximate surface area is 117 Å². The van der Waals surface area contributed by atoms with E-state index >= 15 is 0 Å². The van der Waals surface area contributed by atoms with Gasteiger partial charge in [-0.25, -0.2) is 0 Å². The van der Waals surface area contributed by atoms with Gasteiger partial charge in [-0.3, -0.25) is 4.98 Å². The second-order valence-electron chi connectivity index (χ2n) is 5.27. The van der Waals surface area contributed by atoms with Gasteiger partial charge in [0.05, 0.1) is 5.52 Å². The number of hydrogen-bond donors (Lipinski definition) is 0. The highest BCUT2D eigenvalue weighted by atomic mass is 79.9. The first kappa shape index (κ1) is 12.2. The number of benzene rings is 1. The van der Waals surface area contributed by atoms with Crippen molar-refractivity contribution in [3.8, 4) is 0 Å². The Morgan fingerprint density at radius 1 is 1.11 bits per heavy atom. The Bertz CT molecular complexity index is 537. The molecule has 18 heavy (non-hydrogen) atoms. The Kier molecular flexibility index (Phi) is 3.64. The number of hydrogen-bond acceptors (Lipinski definition) is 1. The van der Waals surface area contributed by atoms with Crippen molar-refractivity contribution in [2.45, 2.75) is 42.8 Å². The largest absolute Gasteiger partial charge is 0.256 e. The molecule has 1 nitrogen and oxygen atoms in total. The maximum absolute atomic E-state index is 4.39. The van der Waals surface area contributed by atoms with Gasteiger partial charge in [-0.2, -0.15) is 0 Å². The maximum Gasteiger partial charge on any atom is 0.0702 e. The molecule has 1 saturated carbocycles. The van der Waals surface area contributed by atoms with Crippen molar-refractivity contribution in [3.63, 3.8) is 0 Å². The molecule has 2 unspecified atom stereocenters. The van der Waals surface area contributed by atoms with E-state index in [1.165, 1.54) is 43.1 Å². The van der Waals surface area contributed by atoms with E-state index in [0.29, 0.717) is 10.7 Å². The van der Waals surface area contributed by atoms with Gasteiger partial charge < -0.3 is 0 Å². The molecule has 1 heterocycles. The summed E-state index contributed by atoms with van der Waals surface area (Å²) in [5.74, 6) is 0.710. The van der Waals surface area contributed by atoms with Gasteiger partial charge in [0.25, 0.3) is 0 Å². The van der Waals surface area contributed by atoms with Gasteiger partial charge >= 0.3 is 0 Å². The van der Waals surface area contributed by atoms with E-state index in [4.69, 9.17) is 0 Å². The van der Waals surface area contributed by atoms with Gasteiger partial charge in [-0.15, -0.1) is 0 Å². The maximum atomic E-state index is 4.39. The summed E-state index contributed by atoms with van der Waals surface area (Å²) >= 11 is 3.81. The monoisotopic (exact) mass is 303 g/mol. The average Bonchev–Trinajstić information content (AvgIpc) is 2.63. The van der Waals surface area contributed by atoms with Crippen molar-refractivity contribution in [2.24, 2.45) is 0 Å². The van der Waals surface area contributed by atoms with Crippen LogP contribution in [0.3, 0.4) is 0 Å². The third-order valence-electron chi connectivity index (χ3n) is 3.96. The van der Waals surface area contributed by atoms with Crippen molar-refractivity contribution < 1.29 is 0 Å². The summed E-state index contributed by atoms with van der Waals surface area (Å²) in [6, 6.07) is 10.9. The van der Waals surface area contributed by atoms with E-state index in [1.54, 1.807) is 0 Å². The molecule has 94 valence electrons. The number of nitrogens with zero attached hydrogens (tertiary/aromatic N) is 1. The Morgan fingerprint density at radius 3 is 2.94 bits per heavy atom. The van der Waals surface area contributed by atoms with Crippen LogP contribution < -0.4 is 0 Å². The minimum absolute atomic E-state index is 0.689. The highest BCUT2D eigenvalue weighted by Crippen LogP contribution is 2.35. The van der Waals surface area contributed by atoms with Crippen LogP contribution in [0.15, 0.2) is 36.5 Å². The normalized spacial score (nSPS) is 24.9. The van der Waals surface area contributed by atoms with E-state index in [2.05, 4.69) is 45.2 Å². The van der Waals surface area contributed by atoms with Crippen LogP contribution in [0, 0.1) is 0 Å². The molecule has 2 aromatic rings. The molecule has 1 aromatic heterocycles. The minimum Gasteiger partial charge on any atom is -0.256 e. The zero-order chi connectivity index (χ0) is 12.4. The van der Waals surface area contributed by atoms with E-state index in [-0.39, 0.29) is 0 Å². The fraction of sp³-hybridized carbons (Fsp3) is 0.438. The predicted molar refractivity (Wildman–Crippen MR) is 80.3 cm³/mol. The lowest BCUT2D eigenvalue weighted by Crippen LogP contribution is -2.03. The van der Waals surface area contributed by atoms with Crippen molar-refractivity contribution in [1.82, 2.24) is 4.98 Å². The summed E-state index contributed by atoms with van der Waals surface area (Å²) in [5, 5.41) is 1.27. The molecule has 1 aromatic carbocycles. The van der Waals surface area contributed by atoms with Crippen molar-refractivity contribution in [3.05, 3.63) is 42.1 Å². The smallest absolute Gasteiger partial charge is 0.0702 e. The molecular formula is C16H18BrN. The molecule has 1 aliphatic rings. The molecule has 3 rings (SSSR count). The second-order valence-corrected chi connectivity index (χ2v) is 6.56. The molecule has 0 aliphatic heterocycles. The predicted octanol–water partition coefficient (Wildman–Crippen LogP) is 5.05. The fourth-order valence-electron chi connectivity index (χ4n) is 2.95. The molecule has 1 aliphatic carbocycles. The van der Waals surface area contributed by atoms with Crippen LogP contribution >= 0.6 is 15.9 Å². The summed E-state index contributed by atoms with van der Waals surface area (Å²) in [7, 11) is 0. The van der Waals surface area contributed by atoms with Gasteiger partial charge in [-0.1, -0.05) is 40.9 Å². The zero-order valence-corrected chi connectivity index (χ0v) is 12.1. The van der Waals surface area contributed by atoms with Crippen molar-refractivity contribution in [2.75, 3.05) is 0 Å². The van der Waals surface area contributed by atoms with Gasteiger partial charge in [0, 0.05) is 16.4 Å². The Hall–Kier alpha value is -0.890. The van der Waals surface area contributed by atoms with E-state index < -0.39 is 0 Å².